The minimum Gasteiger partial charge on any atom is -0.278 e. The fourth-order valence-corrected chi connectivity index (χ4v) is 6.49. The monoisotopic (exact) mass is 436 g/mol. The number of nitrogens with zero attached hydrogens (tertiary/aromatic N) is 1. The number of fused-ring (bicyclic) bond motifs is 1. The predicted octanol–water partition coefficient (Wildman–Crippen LogP) is 5.17. The van der Waals surface area contributed by atoms with Crippen molar-refractivity contribution in [2.24, 2.45) is 0 Å². The van der Waals surface area contributed by atoms with Gasteiger partial charge in [-0.05, 0) is 28.1 Å². The first kappa shape index (κ1) is 16.0. The van der Waals surface area contributed by atoms with E-state index in [1.54, 1.807) is 6.07 Å². The number of nitrogens with one attached hydrogen (secondary N) is 1. The highest BCUT2D eigenvalue weighted by Gasteiger charge is 2.26. The number of halogens is 3. The molecule has 4 nitrogen and oxygen atoms in total. The van der Waals surface area contributed by atoms with E-state index in [0.29, 0.717) is 5.69 Å². The maximum Gasteiger partial charge on any atom is 0.265 e. The van der Waals surface area contributed by atoms with E-state index in [-0.39, 0.29) is 18.0 Å². The molecule has 0 aliphatic heterocycles. The number of pyridine rings is 1. The summed E-state index contributed by atoms with van der Waals surface area (Å²) in [5, 5.41) is 0.830. The van der Waals surface area contributed by atoms with Crippen LogP contribution in [0.1, 0.15) is 0 Å². The summed E-state index contributed by atoms with van der Waals surface area (Å²) in [6.45, 7) is 0. The van der Waals surface area contributed by atoms with Crippen LogP contribution in [-0.4, -0.2) is 13.4 Å². The van der Waals surface area contributed by atoms with Crippen molar-refractivity contribution in [1.82, 2.24) is 4.98 Å². The van der Waals surface area contributed by atoms with Crippen LogP contribution in [0.15, 0.2) is 45.9 Å². The van der Waals surface area contributed by atoms with Crippen molar-refractivity contribution in [3.05, 3.63) is 49.7 Å². The molecule has 0 bridgehead atoms. The molecule has 0 fully saturated rings. The average molecular weight is 438 g/mol. The highest BCUT2D eigenvalue weighted by atomic mass is 79.9. The van der Waals surface area contributed by atoms with Crippen LogP contribution in [0.2, 0.25) is 8.67 Å². The molecular formula is C13H7BrCl2N2O2S2. The highest BCUT2D eigenvalue weighted by Crippen LogP contribution is 2.43. The Morgan fingerprint density at radius 2 is 1.91 bits per heavy atom. The predicted molar refractivity (Wildman–Crippen MR) is 94.6 cm³/mol. The Balaban J connectivity index is 2.03. The normalized spacial score (nSPS) is 11.8. The van der Waals surface area contributed by atoms with Crippen LogP contribution in [0.5, 0.6) is 0 Å². The van der Waals surface area contributed by atoms with Gasteiger partial charge in [0.25, 0.3) is 10.0 Å². The van der Waals surface area contributed by atoms with Crippen molar-refractivity contribution >= 4 is 77.1 Å². The number of rotatable bonds is 3. The van der Waals surface area contributed by atoms with Crippen LogP contribution >= 0.6 is 50.5 Å². The second kappa shape index (κ2) is 5.98. The standard InChI is InChI=1S/C13H7BrCl2N2O2S2/c14-10-11(13(16)21-12(10)15)22(19,20)18-8-5-7-3-1-2-4-9(7)17-6-8/h1-6,18H. The quantitative estimate of drug-likeness (QED) is 0.615. The lowest BCUT2D eigenvalue weighted by Gasteiger charge is -2.08. The third kappa shape index (κ3) is 2.96. The fourth-order valence-electron chi connectivity index (χ4n) is 1.90. The van der Waals surface area contributed by atoms with E-state index in [1.807, 2.05) is 24.3 Å². The molecule has 0 spiro atoms. The van der Waals surface area contributed by atoms with Gasteiger partial charge in [-0.1, -0.05) is 41.4 Å². The third-order valence-electron chi connectivity index (χ3n) is 2.84. The first-order chi connectivity index (χ1) is 10.4. The zero-order valence-electron chi connectivity index (χ0n) is 10.7. The van der Waals surface area contributed by atoms with Gasteiger partial charge in [-0.3, -0.25) is 9.71 Å². The SMILES string of the molecule is O=S(=O)(Nc1cnc2ccccc2c1)c1c(Cl)sc(Cl)c1Br. The molecule has 0 unspecified atom stereocenters. The van der Waals surface area contributed by atoms with E-state index in [2.05, 4.69) is 25.6 Å². The molecule has 1 N–H and O–H groups in total. The Morgan fingerprint density at radius 1 is 1.18 bits per heavy atom. The lowest BCUT2D eigenvalue weighted by atomic mass is 10.2. The van der Waals surface area contributed by atoms with Crippen LogP contribution in [0.3, 0.4) is 0 Å². The number of thiophene rings is 1. The second-order valence-corrected chi connectivity index (χ2v) is 8.95. The Bertz CT molecular complexity index is 973. The first-order valence-corrected chi connectivity index (χ1v) is 9.74. The topological polar surface area (TPSA) is 59.1 Å². The molecule has 0 amide bonds. The van der Waals surface area contributed by atoms with E-state index in [9.17, 15) is 8.42 Å². The van der Waals surface area contributed by atoms with Gasteiger partial charge in [0, 0.05) is 5.39 Å². The third-order valence-corrected chi connectivity index (χ3v) is 7.69. The lowest BCUT2D eigenvalue weighted by Crippen LogP contribution is -2.13. The molecule has 0 radical (unpaired) electrons. The minimum atomic E-state index is -3.87. The van der Waals surface area contributed by atoms with Crippen LogP contribution < -0.4 is 4.72 Å². The molecule has 0 saturated heterocycles. The second-order valence-electron chi connectivity index (χ2n) is 4.31. The molecule has 9 heteroatoms. The summed E-state index contributed by atoms with van der Waals surface area (Å²) < 4.78 is 28.1. The number of sulfonamides is 1. The van der Waals surface area contributed by atoms with Gasteiger partial charge in [0.15, 0.2) is 0 Å². The molecule has 2 heterocycles. The molecule has 114 valence electrons. The maximum atomic E-state index is 12.5. The van der Waals surface area contributed by atoms with Gasteiger partial charge in [-0.25, -0.2) is 8.42 Å². The van der Waals surface area contributed by atoms with Gasteiger partial charge in [-0.15, -0.1) is 11.3 Å². The molecule has 0 aliphatic rings. The summed E-state index contributed by atoms with van der Waals surface area (Å²) in [6, 6.07) is 9.12. The van der Waals surface area contributed by atoms with Crippen molar-refractivity contribution in [3.8, 4) is 0 Å². The summed E-state index contributed by atoms with van der Waals surface area (Å²) >= 11 is 16.0. The van der Waals surface area contributed by atoms with Gasteiger partial charge < -0.3 is 0 Å². The Hall–Kier alpha value is -0.860. The average Bonchev–Trinajstić information content (AvgIpc) is 2.72. The van der Waals surface area contributed by atoms with Gasteiger partial charge in [0.1, 0.15) is 13.6 Å². The molecule has 2 aromatic heterocycles. The number of benzene rings is 1. The maximum absolute atomic E-state index is 12.5. The van der Waals surface area contributed by atoms with Crippen LogP contribution in [0.4, 0.5) is 5.69 Å². The smallest absolute Gasteiger partial charge is 0.265 e. The summed E-state index contributed by atoms with van der Waals surface area (Å²) in [7, 11) is -3.87. The molecule has 3 aromatic rings. The Kier molecular flexibility index (Phi) is 4.35. The number of hydrogen-bond acceptors (Lipinski definition) is 4. The van der Waals surface area contributed by atoms with Gasteiger partial charge >= 0.3 is 0 Å². The van der Waals surface area contributed by atoms with E-state index in [0.717, 1.165) is 22.2 Å². The van der Waals surface area contributed by atoms with Crippen LogP contribution in [0.25, 0.3) is 10.9 Å². The lowest BCUT2D eigenvalue weighted by molar-refractivity contribution is 0.601. The van der Waals surface area contributed by atoms with Gasteiger partial charge in [0.05, 0.1) is 21.9 Å². The van der Waals surface area contributed by atoms with Crippen molar-refractivity contribution in [2.75, 3.05) is 4.72 Å². The minimum absolute atomic E-state index is 0.0719. The number of aromatic nitrogens is 1. The fraction of sp³-hybridized carbons (Fsp3) is 0. The first-order valence-electron chi connectivity index (χ1n) is 5.89. The summed E-state index contributed by atoms with van der Waals surface area (Å²) in [6.07, 6.45) is 1.45. The van der Waals surface area contributed by atoms with Crippen molar-refractivity contribution in [1.29, 1.82) is 0 Å². The molecule has 0 saturated carbocycles. The van der Waals surface area contributed by atoms with E-state index in [1.165, 1.54) is 6.20 Å². The number of para-hydroxylation sites is 1. The molecular weight excluding hydrogens is 431 g/mol. The number of anilines is 1. The zero-order valence-corrected chi connectivity index (χ0v) is 15.4. The van der Waals surface area contributed by atoms with Crippen LogP contribution in [0, 0.1) is 0 Å². The summed E-state index contributed by atoms with van der Waals surface area (Å²) in [4.78, 5) is 4.14. The highest BCUT2D eigenvalue weighted by molar-refractivity contribution is 9.10. The van der Waals surface area contributed by atoms with Crippen LogP contribution in [-0.2, 0) is 10.0 Å². The summed E-state index contributed by atoms with van der Waals surface area (Å²) in [5.41, 5.74) is 1.13. The van der Waals surface area contributed by atoms with Gasteiger partial charge in [-0.2, -0.15) is 0 Å². The Morgan fingerprint density at radius 3 is 2.59 bits per heavy atom. The molecule has 3 rings (SSSR count). The molecule has 0 atom stereocenters. The molecule has 22 heavy (non-hydrogen) atoms. The molecule has 1 aromatic carbocycles. The zero-order chi connectivity index (χ0) is 15.9. The van der Waals surface area contributed by atoms with Crippen molar-refractivity contribution < 1.29 is 8.42 Å². The van der Waals surface area contributed by atoms with Gasteiger partial charge in [0.2, 0.25) is 0 Å². The molecule has 0 aliphatic carbocycles. The van der Waals surface area contributed by atoms with E-state index >= 15 is 0 Å². The van der Waals surface area contributed by atoms with E-state index < -0.39 is 10.0 Å². The van der Waals surface area contributed by atoms with E-state index in [4.69, 9.17) is 23.2 Å². The van der Waals surface area contributed by atoms with Crippen molar-refractivity contribution in [3.63, 3.8) is 0 Å². The summed E-state index contributed by atoms with van der Waals surface area (Å²) in [5.74, 6) is 0. The number of hydrogen-bond donors (Lipinski definition) is 1. The Labute approximate surface area is 149 Å². The van der Waals surface area contributed by atoms with Crippen molar-refractivity contribution in [2.45, 2.75) is 4.90 Å². The largest absolute Gasteiger partial charge is 0.278 e.